The van der Waals surface area contributed by atoms with Crippen molar-refractivity contribution in [1.29, 1.82) is 0 Å². The SMILES string of the molecule is O=C(NCc1ccc(N2CCCCC2)nc1)C1CCCN(C(=O)C2CC2)C1. The van der Waals surface area contributed by atoms with Crippen LogP contribution in [-0.4, -0.2) is 47.9 Å². The van der Waals surface area contributed by atoms with E-state index in [0.717, 1.165) is 56.7 Å². The fourth-order valence-electron chi connectivity index (χ4n) is 4.14. The van der Waals surface area contributed by atoms with Gasteiger partial charge in [0.1, 0.15) is 5.82 Å². The van der Waals surface area contributed by atoms with Crippen LogP contribution in [0.4, 0.5) is 5.82 Å². The van der Waals surface area contributed by atoms with Gasteiger partial charge >= 0.3 is 0 Å². The molecule has 2 saturated heterocycles. The van der Waals surface area contributed by atoms with Crippen molar-refractivity contribution < 1.29 is 9.59 Å². The van der Waals surface area contributed by atoms with Crippen molar-refractivity contribution in [3.05, 3.63) is 23.9 Å². The molecule has 146 valence electrons. The number of anilines is 1. The lowest BCUT2D eigenvalue weighted by Crippen LogP contribution is -2.45. The van der Waals surface area contributed by atoms with Crippen LogP contribution in [0, 0.1) is 11.8 Å². The number of pyridine rings is 1. The highest BCUT2D eigenvalue weighted by atomic mass is 16.2. The lowest BCUT2D eigenvalue weighted by Gasteiger charge is -2.32. The second kappa shape index (κ2) is 8.28. The molecule has 0 radical (unpaired) electrons. The molecule has 1 aliphatic carbocycles. The molecule has 1 aromatic heterocycles. The quantitative estimate of drug-likeness (QED) is 0.864. The molecule has 0 bridgehead atoms. The Morgan fingerprint density at radius 1 is 1.00 bits per heavy atom. The van der Waals surface area contributed by atoms with Gasteiger partial charge < -0.3 is 15.1 Å². The molecule has 2 aliphatic heterocycles. The predicted octanol–water partition coefficient (Wildman–Crippen LogP) is 2.34. The number of carbonyl (C=O) groups is 2. The molecule has 1 atom stereocenters. The van der Waals surface area contributed by atoms with E-state index in [4.69, 9.17) is 0 Å². The van der Waals surface area contributed by atoms with Gasteiger partial charge in [0.15, 0.2) is 0 Å². The highest BCUT2D eigenvalue weighted by molar-refractivity contribution is 5.83. The maximum Gasteiger partial charge on any atom is 0.225 e. The number of likely N-dealkylation sites (tertiary alicyclic amines) is 1. The van der Waals surface area contributed by atoms with Gasteiger partial charge in [-0.25, -0.2) is 4.98 Å². The van der Waals surface area contributed by atoms with Gasteiger partial charge in [-0.05, 0) is 56.6 Å². The average molecular weight is 370 g/mol. The van der Waals surface area contributed by atoms with E-state index < -0.39 is 0 Å². The largest absolute Gasteiger partial charge is 0.357 e. The van der Waals surface area contributed by atoms with E-state index in [1.807, 2.05) is 11.1 Å². The number of nitrogens with zero attached hydrogens (tertiary/aromatic N) is 3. The molecule has 1 N–H and O–H groups in total. The van der Waals surface area contributed by atoms with Gasteiger partial charge in [0.05, 0.1) is 5.92 Å². The summed E-state index contributed by atoms with van der Waals surface area (Å²) in [6, 6.07) is 4.12. The van der Waals surface area contributed by atoms with Gasteiger partial charge in [-0.15, -0.1) is 0 Å². The Morgan fingerprint density at radius 2 is 1.81 bits per heavy atom. The zero-order valence-corrected chi connectivity index (χ0v) is 16.0. The number of hydrogen-bond donors (Lipinski definition) is 1. The molecule has 6 heteroatoms. The molecule has 1 saturated carbocycles. The zero-order valence-electron chi connectivity index (χ0n) is 16.0. The molecule has 27 heavy (non-hydrogen) atoms. The molecular formula is C21H30N4O2. The Kier molecular flexibility index (Phi) is 5.60. The molecular weight excluding hydrogens is 340 g/mol. The number of carbonyl (C=O) groups excluding carboxylic acids is 2. The fourth-order valence-corrected chi connectivity index (χ4v) is 4.14. The topological polar surface area (TPSA) is 65.5 Å². The van der Waals surface area contributed by atoms with Crippen molar-refractivity contribution in [3.8, 4) is 0 Å². The summed E-state index contributed by atoms with van der Waals surface area (Å²) in [5.41, 5.74) is 1.02. The number of amides is 2. The van der Waals surface area contributed by atoms with E-state index >= 15 is 0 Å². The summed E-state index contributed by atoms with van der Waals surface area (Å²) in [7, 11) is 0. The minimum atomic E-state index is -0.0815. The van der Waals surface area contributed by atoms with E-state index in [9.17, 15) is 9.59 Å². The minimum absolute atomic E-state index is 0.0587. The van der Waals surface area contributed by atoms with Crippen LogP contribution in [0.1, 0.15) is 50.5 Å². The first kappa shape index (κ1) is 18.3. The van der Waals surface area contributed by atoms with Gasteiger partial charge in [0, 0.05) is 44.8 Å². The van der Waals surface area contributed by atoms with Crippen molar-refractivity contribution in [2.75, 3.05) is 31.1 Å². The van der Waals surface area contributed by atoms with E-state index in [2.05, 4.69) is 27.3 Å². The molecule has 2 amide bonds. The van der Waals surface area contributed by atoms with Crippen LogP contribution in [0.15, 0.2) is 18.3 Å². The average Bonchev–Trinajstić information content (AvgIpc) is 3.58. The standard InChI is InChI=1S/C21H30N4O2/c26-20(18-5-4-12-25(15-18)21(27)17-7-8-17)23-14-16-6-9-19(22-13-16)24-10-2-1-3-11-24/h6,9,13,17-18H,1-5,7-8,10-12,14-15H2,(H,23,26). The highest BCUT2D eigenvalue weighted by Gasteiger charge is 2.36. The molecule has 4 rings (SSSR count). The number of piperidine rings is 2. The highest BCUT2D eigenvalue weighted by Crippen LogP contribution is 2.32. The summed E-state index contributed by atoms with van der Waals surface area (Å²) in [5, 5.41) is 3.04. The van der Waals surface area contributed by atoms with Crippen molar-refractivity contribution in [2.24, 2.45) is 11.8 Å². The Balaban J connectivity index is 1.26. The van der Waals surface area contributed by atoms with Gasteiger partial charge in [-0.3, -0.25) is 9.59 Å². The lowest BCUT2D eigenvalue weighted by molar-refractivity contribution is -0.136. The van der Waals surface area contributed by atoms with Gasteiger partial charge in [-0.2, -0.15) is 0 Å². The van der Waals surface area contributed by atoms with Crippen LogP contribution in [0.5, 0.6) is 0 Å². The second-order valence-electron chi connectivity index (χ2n) is 8.19. The summed E-state index contributed by atoms with van der Waals surface area (Å²) in [5.74, 6) is 1.50. The Hall–Kier alpha value is -2.11. The van der Waals surface area contributed by atoms with Crippen LogP contribution < -0.4 is 10.2 Å². The van der Waals surface area contributed by atoms with E-state index in [0.29, 0.717) is 13.1 Å². The minimum Gasteiger partial charge on any atom is -0.357 e. The van der Waals surface area contributed by atoms with Crippen molar-refractivity contribution in [2.45, 2.75) is 51.5 Å². The van der Waals surface area contributed by atoms with Crippen LogP contribution in [0.2, 0.25) is 0 Å². The third-order valence-electron chi connectivity index (χ3n) is 5.99. The van der Waals surface area contributed by atoms with Crippen molar-refractivity contribution in [3.63, 3.8) is 0 Å². The molecule has 0 spiro atoms. The van der Waals surface area contributed by atoms with Gasteiger partial charge in [0.25, 0.3) is 0 Å². The Labute approximate surface area is 161 Å². The third-order valence-corrected chi connectivity index (χ3v) is 5.99. The molecule has 3 fully saturated rings. The van der Waals surface area contributed by atoms with Gasteiger partial charge in [-0.1, -0.05) is 6.07 Å². The smallest absolute Gasteiger partial charge is 0.225 e. The van der Waals surface area contributed by atoms with Crippen molar-refractivity contribution in [1.82, 2.24) is 15.2 Å². The first-order chi connectivity index (χ1) is 13.2. The first-order valence-corrected chi connectivity index (χ1v) is 10.5. The molecule has 6 nitrogen and oxygen atoms in total. The summed E-state index contributed by atoms with van der Waals surface area (Å²) in [6.45, 7) is 4.05. The molecule has 0 aromatic carbocycles. The first-order valence-electron chi connectivity index (χ1n) is 10.5. The zero-order chi connectivity index (χ0) is 18.6. The molecule has 3 aliphatic rings. The summed E-state index contributed by atoms with van der Waals surface area (Å²) in [4.78, 5) is 33.6. The van der Waals surface area contributed by atoms with E-state index in [1.54, 1.807) is 0 Å². The maximum absolute atomic E-state index is 12.6. The van der Waals surface area contributed by atoms with Crippen LogP contribution in [0.25, 0.3) is 0 Å². The third kappa shape index (κ3) is 4.60. The van der Waals surface area contributed by atoms with Crippen LogP contribution in [-0.2, 0) is 16.1 Å². The van der Waals surface area contributed by atoms with E-state index in [-0.39, 0.29) is 23.7 Å². The summed E-state index contributed by atoms with van der Waals surface area (Å²) >= 11 is 0. The number of aromatic nitrogens is 1. The number of nitrogens with one attached hydrogen (secondary N) is 1. The summed E-state index contributed by atoms with van der Waals surface area (Å²) in [6.07, 6.45) is 9.48. The van der Waals surface area contributed by atoms with Crippen LogP contribution >= 0.6 is 0 Å². The predicted molar refractivity (Wildman–Crippen MR) is 104 cm³/mol. The Bertz CT molecular complexity index is 665. The Morgan fingerprint density at radius 3 is 2.52 bits per heavy atom. The second-order valence-corrected chi connectivity index (χ2v) is 8.19. The number of hydrogen-bond acceptors (Lipinski definition) is 4. The molecule has 1 aromatic rings. The number of rotatable bonds is 5. The monoisotopic (exact) mass is 370 g/mol. The lowest BCUT2D eigenvalue weighted by atomic mass is 9.96. The normalized spacial score (nSPS) is 23.2. The van der Waals surface area contributed by atoms with Crippen molar-refractivity contribution >= 4 is 17.6 Å². The fraction of sp³-hybridized carbons (Fsp3) is 0.667. The molecule has 3 heterocycles. The van der Waals surface area contributed by atoms with Gasteiger partial charge in [0.2, 0.25) is 11.8 Å². The summed E-state index contributed by atoms with van der Waals surface area (Å²) < 4.78 is 0. The van der Waals surface area contributed by atoms with E-state index in [1.165, 1.54) is 19.3 Å². The maximum atomic E-state index is 12.6. The van der Waals surface area contributed by atoms with Crippen LogP contribution in [0.3, 0.4) is 0 Å². The molecule has 1 unspecified atom stereocenters.